The number of aromatic nitrogens is 4. The number of nitrogens with one attached hydrogen (secondary N) is 2. The van der Waals surface area contributed by atoms with Crippen molar-refractivity contribution in [3.05, 3.63) is 104 Å². The van der Waals surface area contributed by atoms with E-state index in [1.54, 1.807) is 0 Å². The predicted molar refractivity (Wildman–Crippen MR) is 205 cm³/mol. The van der Waals surface area contributed by atoms with Crippen LogP contribution in [0.3, 0.4) is 0 Å². The number of ether oxygens (including phenoxy) is 4. The summed E-state index contributed by atoms with van der Waals surface area (Å²) in [6.45, 7) is -1.45. The fourth-order valence-electron chi connectivity index (χ4n) is 8.03. The average molecular weight is 866 g/mol. The number of phenols is 2. The maximum absolute atomic E-state index is 13.9. The van der Waals surface area contributed by atoms with Crippen LogP contribution in [0, 0.1) is 0 Å². The first-order valence-electron chi connectivity index (χ1n) is 18.3. The molecule has 314 valence electrons. The van der Waals surface area contributed by atoms with E-state index in [9.17, 15) is 55.2 Å². The number of aromatic hydroxyl groups is 2. The second-order valence-electron chi connectivity index (χ2n) is 14.5. The number of amides is 1. The van der Waals surface area contributed by atoms with Crippen molar-refractivity contribution in [2.45, 2.75) is 65.2 Å². The summed E-state index contributed by atoms with van der Waals surface area (Å²) in [6.07, 6.45) is -7.73. The number of aliphatic hydroxyl groups excluding tert-OH is 6. The molecule has 60 heavy (non-hydrogen) atoms. The van der Waals surface area contributed by atoms with E-state index in [1.807, 2.05) is 0 Å². The molecule has 0 saturated carbocycles. The minimum atomic E-state index is -1.72. The standard InChI is InChI=1S/C38H35N5O15S2/c44-11-25-29(48)27(31(50)35(56-25)60-36-32(51)28(30(49)26(12-45)57-36)43-10-21(41-42-43)22-13-59-37(54)39-22)40-33(52)14-1-4-18-17(7-14)34(53)58-38(18)19-5-2-15(46)8-23(19)55-24-9-16(47)3-6-20(24)38/h1-10,13,25-32,35-36,44-51H,11-12H2,(H,39,54)(H,40,52)/t25-,26-,27+,28+,29+,30+,31-,32-,35+,36+/m1/s1. The van der Waals surface area contributed by atoms with Crippen LogP contribution in [0.15, 0.2) is 71.0 Å². The summed E-state index contributed by atoms with van der Waals surface area (Å²) in [5.74, 6) is -1.57. The molecule has 2 fully saturated rings. The molecule has 22 heteroatoms. The Morgan fingerprint density at radius 1 is 0.850 bits per heavy atom. The molecule has 5 aromatic rings. The zero-order chi connectivity index (χ0) is 42.2. The smallest absolute Gasteiger partial charge is 0.340 e. The van der Waals surface area contributed by atoms with Crippen LogP contribution in [0.25, 0.3) is 11.4 Å². The number of H-pyrrole nitrogens is 1. The zero-order valence-corrected chi connectivity index (χ0v) is 32.3. The summed E-state index contributed by atoms with van der Waals surface area (Å²) in [4.78, 5) is 41.5. The molecule has 3 aromatic carbocycles. The van der Waals surface area contributed by atoms with Crippen molar-refractivity contribution in [2.75, 3.05) is 13.2 Å². The molecule has 10 atom stereocenters. The van der Waals surface area contributed by atoms with Crippen LogP contribution in [0.4, 0.5) is 0 Å². The topological polar surface area (TPSA) is 309 Å². The minimum Gasteiger partial charge on any atom is -0.508 e. The number of benzene rings is 3. The second kappa shape index (κ2) is 15.3. The van der Waals surface area contributed by atoms with Crippen molar-refractivity contribution in [2.24, 2.45) is 0 Å². The number of fused-ring (bicyclic) bond motifs is 6. The first kappa shape index (κ1) is 40.0. The Hall–Kier alpha value is -5.40. The zero-order valence-electron chi connectivity index (χ0n) is 30.6. The Morgan fingerprint density at radius 2 is 1.48 bits per heavy atom. The van der Waals surface area contributed by atoms with Gasteiger partial charge in [-0.2, -0.15) is 0 Å². The number of carbonyl (C=O) groups excluding carboxylic acids is 2. The van der Waals surface area contributed by atoms with Crippen molar-refractivity contribution in [1.29, 1.82) is 0 Å². The maximum Gasteiger partial charge on any atom is 0.340 e. The van der Waals surface area contributed by atoms with Crippen molar-refractivity contribution in [3.63, 3.8) is 0 Å². The second-order valence-corrected chi connectivity index (χ2v) is 16.5. The Kier molecular flexibility index (Phi) is 10.2. The molecule has 4 aliphatic rings. The Labute approximate surface area is 345 Å². The quantitative estimate of drug-likeness (QED) is 0.0890. The van der Waals surface area contributed by atoms with Gasteiger partial charge >= 0.3 is 10.8 Å². The Bertz CT molecular complexity index is 2500. The van der Waals surface area contributed by atoms with Crippen molar-refractivity contribution < 1.29 is 69.4 Å². The minimum absolute atomic E-state index is 0.000865. The van der Waals surface area contributed by atoms with E-state index in [1.165, 1.54) is 66.2 Å². The SMILES string of the molecule is O=C(N[C@H]1[C@@H](O)[C@@H](CO)O[C@@H](S[C@@H]2O[C@H](CO)[C@H](O)[C@H](n3cc(-c4csc(=O)[nH]4)nn3)[C@H]2O)[C@@H]1O)c1ccc2c(c1)C(=O)OC21c2ccc(O)cc2Oc2cc(O)ccc21. The predicted octanol–water partition coefficient (Wildman–Crippen LogP) is -0.375. The highest BCUT2D eigenvalue weighted by Crippen LogP contribution is 2.57. The van der Waals surface area contributed by atoms with Gasteiger partial charge in [0.05, 0.1) is 36.7 Å². The van der Waals surface area contributed by atoms with Gasteiger partial charge in [0, 0.05) is 39.8 Å². The largest absolute Gasteiger partial charge is 0.508 e. The fraction of sp³-hybridized carbons (Fsp3) is 0.342. The van der Waals surface area contributed by atoms with Gasteiger partial charge in [0.1, 0.15) is 82.2 Å². The van der Waals surface area contributed by atoms with Gasteiger partial charge in [-0.05, 0) is 36.4 Å². The molecule has 0 radical (unpaired) electrons. The van der Waals surface area contributed by atoms with Crippen LogP contribution >= 0.6 is 23.1 Å². The number of thioether (sulfide) groups is 1. The highest BCUT2D eigenvalue weighted by Gasteiger charge is 2.55. The number of carbonyl (C=O) groups is 2. The molecule has 0 unspecified atom stereocenters. The molecule has 4 aliphatic heterocycles. The summed E-state index contributed by atoms with van der Waals surface area (Å²) in [6, 6.07) is 9.97. The summed E-state index contributed by atoms with van der Waals surface area (Å²) in [5.41, 5.74) is -2.75. The monoisotopic (exact) mass is 865 g/mol. The third-order valence-corrected chi connectivity index (χ3v) is 12.9. The molecule has 1 amide bonds. The van der Waals surface area contributed by atoms with E-state index in [2.05, 4.69) is 20.6 Å². The lowest BCUT2D eigenvalue weighted by atomic mass is 9.77. The average Bonchev–Trinajstić information content (AvgIpc) is 3.96. The third kappa shape index (κ3) is 6.52. The van der Waals surface area contributed by atoms with E-state index < -0.39 is 90.3 Å². The molecule has 9 rings (SSSR count). The molecule has 1 spiro atoms. The van der Waals surface area contributed by atoms with E-state index in [0.29, 0.717) is 34.1 Å². The summed E-state index contributed by atoms with van der Waals surface area (Å²) in [7, 11) is 0. The number of aliphatic hydroxyl groups is 6. The number of aromatic amines is 1. The number of nitrogens with zero attached hydrogens (tertiary/aromatic N) is 3. The lowest BCUT2D eigenvalue weighted by molar-refractivity contribution is -0.184. The Morgan fingerprint density at radius 3 is 2.12 bits per heavy atom. The highest BCUT2D eigenvalue weighted by molar-refractivity contribution is 8.00. The lowest BCUT2D eigenvalue weighted by Crippen LogP contribution is -2.64. The van der Waals surface area contributed by atoms with Crippen LogP contribution in [0.1, 0.15) is 43.4 Å². The first-order chi connectivity index (χ1) is 28.8. The number of hydrogen-bond acceptors (Lipinski definition) is 19. The third-order valence-electron chi connectivity index (χ3n) is 10.9. The molecule has 20 nitrogen and oxygen atoms in total. The van der Waals surface area contributed by atoms with Gasteiger partial charge in [-0.25, -0.2) is 9.48 Å². The number of phenolic OH excluding ortho intramolecular Hbond substituents is 2. The molecule has 2 saturated heterocycles. The van der Waals surface area contributed by atoms with Gasteiger partial charge in [0.2, 0.25) is 0 Å². The van der Waals surface area contributed by atoms with Crippen LogP contribution in [-0.2, 0) is 19.8 Å². The number of rotatable bonds is 8. The molecule has 0 bridgehead atoms. The lowest BCUT2D eigenvalue weighted by Gasteiger charge is -2.46. The normalized spacial score (nSPS) is 28.9. The summed E-state index contributed by atoms with van der Waals surface area (Å²) < 4.78 is 24.9. The van der Waals surface area contributed by atoms with Crippen LogP contribution in [0.2, 0.25) is 0 Å². The first-order valence-corrected chi connectivity index (χ1v) is 20.2. The van der Waals surface area contributed by atoms with Gasteiger partial charge in [-0.15, -0.1) is 5.10 Å². The summed E-state index contributed by atoms with van der Waals surface area (Å²) in [5, 5.41) is 98.2. The highest BCUT2D eigenvalue weighted by atomic mass is 32.2. The van der Waals surface area contributed by atoms with E-state index >= 15 is 0 Å². The molecular weight excluding hydrogens is 831 g/mol. The van der Waals surface area contributed by atoms with Gasteiger partial charge in [-0.1, -0.05) is 34.4 Å². The van der Waals surface area contributed by atoms with Crippen LogP contribution in [-0.4, -0.2) is 139 Å². The van der Waals surface area contributed by atoms with Crippen molar-refractivity contribution in [3.8, 4) is 34.4 Å². The van der Waals surface area contributed by atoms with E-state index in [-0.39, 0.29) is 44.7 Å². The number of esters is 1. The fourth-order valence-corrected chi connectivity index (χ4v) is 9.93. The van der Waals surface area contributed by atoms with Crippen LogP contribution < -0.4 is 14.9 Å². The van der Waals surface area contributed by atoms with Gasteiger partial charge < -0.3 is 70.1 Å². The maximum atomic E-state index is 13.9. The molecular formula is C38H35N5O15S2. The molecule has 10 N–H and O–H groups in total. The van der Waals surface area contributed by atoms with Crippen molar-refractivity contribution >= 4 is 35.0 Å². The van der Waals surface area contributed by atoms with Gasteiger partial charge in [-0.3, -0.25) is 9.59 Å². The van der Waals surface area contributed by atoms with E-state index in [4.69, 9.17) is 18.9 Å². The van der Waals surface area contributed by atoms with Crippen molar-refractivity contribution in [1.82, 2.24) is 25.3 Å². The molecule has 0 aliphatic carbocycles. The molecule has 2 aromatic heterocycles. The van der Waals surface area contributed by atoms with Gasteiger partial charge in [0.15, 0.2) is 5.60 Å². The number of hydrogen-bond donors (Lipinski definition) is 10. The number of thiazole rings is 1. The Balaban J connectivity index is 0.971. The molecule has 6 heterocycles. The van der Waals surface area contributed by atoms with E-state index in [0.717, 1.165) is 16.0 Å². The van der Waals surface area contributed by atoms with Gasteiger partial charge in [0.25, 0.3) is 5.91 Å². The van der Waals surface area contributed by atoms with Crippen LogP contribution in [0.5, 0.6) is 23.0 Å². The summed E-state index contributed by atoms with van der Waals surface area (Å²) >= 11 is 1.60.